The molecule has 2 aliphatic heterocycles. The first-order valence-corrected chi connectivity index (χ1v) is 19.6. The third-order valence-electron chi connectivity index (χ3n) is 9.90. The molecule has 0 saturated heterocycles. The number of thiocarbonyl (C=S) groups is 1. The molecule has 2 aromatic rings. The number of rotatable bonds is 25. The highest BCUT2D eigenvalue weighted by molar-refractivity contribution is 7.80. The number of carboxylic acid groups (broad SMARTS) is 5. The summed E-state index contributed by atoms with van der Waals surface area (Å²) in [5, 5.41) is 56.0. The second-order valence-electron chi connectivity index (χ2n) is 14.7. The van der Waals surface area contributed by atoms with Crippen LogP contribution >= 0.6 is 12.2 Å². The summed E-state index contributed by atoms with van der Waals surface area (Å²) in [6.07, 6.45) is 5.12. The Morgan fingerprint density at radius 3 is 1.95 bits per heavy atom. The molecular formula is C38H49BF2N8O11S. The van der Waals surface area contributed by atoms with Crippen LogP contribution in [0.4, 0.5) is 14.3 Å². The van der Waals surface area contributed by atoms with Gasteiger partial charge >= 0.3 is 36.8 Å². The molecule has 0 bridgehead atoms. The molecule has 3 heterocycles. The number of aromatic nitrogens is 1. The Kier molecular flexibility index (Phi) is 16.8. The van der Waals surface area contributed by atoms with Crippen molar-refractivity contribution in [1.29, 1.82) is 0 Å². The number of hydrogen-bond donors (Lipinski definition) is 8. The summed E-state index contributed by atoms with van der Waals surface area (Å²) in [5.41, 5.74) is 3.58. The van der Waals surface area contributed by atoms with Gasteiger partial charge in [-0.1, -0.05) is 12.1 Å². The molecule has 1 aromatic carbocycles. The van der Waals surface area contributed by atoms with Gasteiger partial charge in [-0.2, -0.15) is 0 Å². The summed E-state index contributed by atoms with van der Waals surface area (Å²) < 4.78 is 33.4. The lowest BCUT2D eigenvalue weighted by Gasteiger charge is -2.34. The number of halogens is 2. The molecule has 8 N–H and O–H groups in total. The highest BCUT2D eigenvalue weighted by atomic mass is 32.1. The molecule has 1 amide bonds. The van der Waals surface area contributed by atoms with Crippen LogP contribution in [0, 0.1) is 13.8 Å². The summed E-state index contributed by atoms with van der Waals surface area (Å²) in [4.78, 5) is 74.1. The highest BCUT2D eigenvalue weighted by Gasteiger charge is 2.52. The summed E-state index contributed by atoms with van der Waals surface area (Å²) in [7, 11) is 0. The number of fused-ring (bicyclic) bond motifs is 2. The molecule has 0 aliphatic carbocycles. The predicted octanol–water partition coefficient (Wildman–Crippen LogP) is 0.829. The van der Waals surface area contributed by atoms with Crippen molar-refractivity contribution in [2.45, 2.75) is 39.2 Å². The maximum Gasteiger partial charge on any atom is 0.737 e. The fourth-order valence-corrected chi connectivity index (χ4v) is 7.57. The van der Waals surface area contributed by atoms with E-state index < -0.39 is 75.6 Å². The quantitative estimate of drug-likeness (QED) is 0.0391. The normalized spacial score (nSPS) is 14.4. The van der Waals surface area contributed by atoms with E-state index in [9.17, 15) is 54.3 Å². The molecule has 19 nitrogen and oxygen atoms in total. The lowest BCUT2D eigenvalue weighted by Crippen LogP contribution is -2.51. The molecule has 0 radical (unpaired) electrons. The molecule has 0 fully saturated rings. The third-order valence-corrected chi connectivity index (χ3v) is 10.2. The van der Waals surface area contributed by atoms with Crippen LogP contribution in [0.15, 0.2) is 48.2 Å². The van der Waals surface area contributed by atoms with E-state index in [0.29, 0.717) is 34.0 Å². The van der Waals surface area contributed by atoms with Crippen molar-refractivity contribution in [3.8, 4) is 0 Å². The topological polar surface area (TPSA) is 257 Å². The number of carbonyl (C=O) groups excluding carboxylic acids is 1. The summed E-state index contributed by atoms with van der Waals surface area (Å²) in [6, 6.07) is 7.53. The number of anilines is 1. The van der Waals surface area contributed by atoms with Crippen LogP contribution in [0.3, 0.4) is 0 Å². The smallest absolute Gasteiger partial charge is 0.480 e. The summed E-state index contributed by atoms with van der Waals surface area (Å²) >= 11 is 5.37. The van der Waals surface area contributed by atoms with Gasteiger partial charge in [0, 0.05) is 81.2 Å². The molecule has 1 aromatic heterocycles. The highest BCUT2D eigenvalue weighted by Crippen LogP contribution is 2.34. The number of nitrogens with one attached hydrogen (secondary N) is 3. The van der Waals surface area contributed by atoms with Crippen LogP contribution in [-0.4, -0.2) is 174 Å². The number of amides is 1. The first-order valence-electron chi connectivity index (χ1n) is 19.2. The van der Waals surface area contributed by atoms with Crippen molar-refractivity contribution >= 4 is 77.5 Å². The second kappa shape index (κ2) is 21.5. The Bertz CT molecular complexity index is 2080. The fourth-order valence-electron chi connectivity index (χ4n) is 7.35. The SMILES string of the molecule is Cc1cc(C)n2c1C=C1C=CC(CCC(=O)NCCNC(=S)Nc3ccc(CC(CN(CCN(CC(=O)O)CC(=O)O)CC(=O)O)N(CC(=O)O)CC(=O)O)cc3)=[N+]1[B-]2(F)F. The molecular weight excluding hydrogens is 825 g/mol. The molecule has 330 valence electrons. The van der Waals surface area contributed by atoms with E-state index in [2.05, 4.69) is 16.0 Å². The Hall–Kier alpha value is -6.04. The Morgan fingerprint density at radius 1 is 0.803 bits per heavy atom. The van der Waals surface area contributed by atoms with E-state index in [4.69, 9.17) is 12.2 Å². The monoisotopic (exact) mass is 874 g/mol. The average molecular weight is 875 g/mol. The minimum absolute atomic E-state index is 0.0117. The number of aliphatic carboxylic acids is 5. The summed E-state index contributed by atoms with van der Waals surface area (Å²) in [5.74, 6) is -6.84. The van der Waals surface area contributed by atoms with Crippen LogP contribution < -0.4 is 16.0 Å². The molecule has 2 aliphatic rings. The zero-order valence-electron chi connectivity index (χ0n) is 33.6. The average Bonchev–Trinajstić information content (AvgIpc) is 3.70. The maximum absolute atomic E-state index is 15.7. The van der Waals surface area contributed by atoms with E-state index >= 15 is 8.63 Å². The Labute approximate surface area is 354 Å². The minimum atomic E-state index is -4.13. The first kappa shape index (κ1) is 47.6. The van der Waals surface area contributed by atoms with Gasteiger partial charge in [0.2, 0.25) is 5.91 Å². The molecule has 1 atom stereocenters. The lowest BCUT2D eigenvalue weighted by atomic mass is 9.90. The van der Waals surface area contributed by atoms with Gasteiger partial charge in [0.15, 0.2) is 10.8 Å². The van der Waals surface area contributed by atoms with Crippen molar-refractivity contribution < 1.29 is 67.4 Å². The second-order valence-corrected chi connectivity index (χ2v) is 15.1. The van der Waals surface area contributed by atoms with Crippen molar-refractivity contribution in [3.63, 3.8) is 0 Å². The largest absolute Gasteiger partial charge is 0.737 e. The minimum Gasteiger partial charge on any atom is -0.480 e. The number of nitrogens with zero attached hydrogens (tertiary/aromatic N) is 5. The zero-order valence-corrected chi connectivity index (χ0v) is 34.4. The van der Waals surface area contributed by atoms with E-state index in [1.807, 2.05) is 0 Å². The van der Waals surface area contributed by atoms with Crippen molar-refractivity contribution in [3.05, 3.63) is 70.7 Å². The van der Waals surface area contributed by atoms with Crippen LogP contribution in [0.2, 0.25) is 0 Å². The third kappa shape index (κ3) is 14.0. The maximum atomic E-state index is 15.7. The van der Waals surface area contributed by atoms with E-state index in [1.165, 1.54) is 9.80 Å². The van der Waals surface area contributed by atoms with Gasteiger partial charge in [0.05, 0.1) is 32.7 Å². The van der Waals surface area contributed by atoms with Crippen LogP contribution in [0.5, 0.6) is 0 Å². The van der Waals surface area contributed by atoms with Crippen molar-refractivity contribution in [2.24, 2.45) is 0 Å². The summed E-state index contributed by atoms with van der Waals surface area (Å²) in [6.45, 7) is -3.94. The van der Waals surface area contributed by atoms with Crippen LogP contribution in [-0.2, 0) is 35.2 Å². The van der Waals surface area contributed by atoms with Gasteiger partial charge in [-0.15, -0.1) is 0 Å². The zero-order chi connectivity index (χ0) is 45.0. The molecule has 4 rings (SSSR count). The van der Waals surface area contributed by atoms with Gasteiger partial charge < -0.3 is 59.1 Å². The fraction of sp³-hybridized carbons (Fsp3) is 0.421. The number of hydrogen-bond acceptors (Lipinski definition) is 10. The Morgan fingerprint density at radius 2 is 1.36 bits per heavy atom. The van der Waals surface area contributed by atoms with Gasteiger partial charge in [-0.3, -0.25) is 43.5 Å². The van der Waals surface area contributed by atoms with Gasteiger partial charge in [0.25, 0.3) is 0 Å². The van der Waals surface area contributed by atoms with E-state index in [1.54, 1.807) is 62.4 Å². The molecule has 61 heavy (non-hydrogen) atoms. The number of allylic oxidation sites excluding steroid dienone is 2. The van der Waals surface area contributed by atoms with Gasteiger partial charge in [-0.25, -0.2) is 0 Å². The number of benzene rings is 1. The van der Waals surface area contributed by atoms with Crippen molar-refractivity contribution in [2.75, 3.05) is 70.8 Å². The Balaban J connectivity index is 1.31. The molecule has 1 unspecified atom stereocenters. The van der Waals surface area contributed by atoms with E-state index in [0.717, 1.165) is 19.4 Å². The number of carboxylic acids is 5. The standard InChI is InChI=1S/C38H49BF2N8O11S/c1-24-15-25(2)48-31(24)17-29-8-7-28(49(29)39(48,40)41)9-10-32(50)42-11-12-43-38(61)44-27-5-3-26(4-6-27)16-30(47(22-36(57)58)23-37(59)60)18-45(19-33(51)52)13-14-46(20-34(53)54)21-35(55)56/h3-8,15,17,30H,9-14,16,18-23H2,1-2H3,(H,42,50)(H,51,52)(H,53,54)(H,55,56)(H,57,58)(H,59,60)(H2,43,44,61). The molecule has 0 saturated carbocycles. The molecule has 23 heteroatoms. The number of carbonyl (C=O) groups is 6. The van der Waals surface area contributed by atoms with Gasteiger partial charge in [-0.05, 0) is 67.5 Å². The number of aryl methyl sites for hydroxylation is 2. The lowest BCUT2D eigenvalue weighted by molar-refractivity contribution is -0.362. The molecule has 0 spiro atoms. The van der Waals surface area contributed by atoms with Crippen LogP contribution in [0.25, 0.3) is 6.08 Å². The van der Waals surface area contributed by atoms with Crippen LogP contribution in [0.1, 0.15) is 35.4 Å². The van der Waals surface area contributed by atoms with Crippen molar-refractivity contribution in [1.82, 2.24) is 29.8 Å². The first-order chi connectivity index (χ1) is 28.7. The van der Waals surface area contributed by atoms with E-state index in [-0.39, 0.29) is 63.0 Å². The van der Waals surface area contributed by atoms with Gasteiger partial charge in [0.1, 0.15) is 5.71 Å². The predicted molar refractivity (Wildman–Crippen MR) is 223 cm³/mol.